The number of aliphatic hydroxyl groups excluding tert-OH is 1. The summed E-state index contributed by atoms with van der Waals surface area (Å²) in [6.07, 6.45) is 0. The molecule has 3 aliphatic rings. The Kier molecular flexibility index (Phi) is 5.21. The van der Waals surface area contributed by atoms with Crippen molar-refractivity contribution in [1.29, 1.82) is 0 Å². The summed E-state index contributed by atoms with van der Waals surface area (Å²) < 4.78 is 0. The summed E-state index contributed by atoms with van der Waals surface area (Å²) in [5, 5.41) is 11.7. The van der Waals surface area contributed by atoms with Crippen LogP contribution in [0.3, 0.4) is 0 Å². The molecule has 1 aliphatic carbocycles. The summed E-state index contributed by atoms with van der Waals surface area (Å²) in [4.78, 5) is 59.8. The monoisotopic (exact) mass is 538 g/mol. The highest BCUT2D eigenvalue weighted by Gasteiger charge is 2.71. The van der Waals surface area contributed by atoms with Gasteiger partial charge in [0.05, 0.1) is 16.8 Å². The number of hydrogen-bond acceptors (Lipinski definition) is 5. The summed E-state index contributed by atoms with van der Waals surface area (Å²) in [5.74, 6) is -3.78. The Morgan fingerprint density at radius 1 is 0.659 bits per heavy atom. The van der Waals surface area contributed by atoms with E-state index in [1.165, 1.54) is 4.90 Å². The molecule has 7 nitrogen and oxygen atoms in total. The van der Waals surface area contributed by atoms with E-state index in [4.69, 9.17) is 0 Å². The first kappa shape index (κ1) is 24.5. The molecule has 1 saturated heterocycles. The molecule has 4 aromatic carbocycles. The Labute approximate surface area is 235 Å². The lowest BCUT2D eigenvalue weighted by molar-refractivity contribution is -0.132. The molecule has 0 saturated carbocycles. The van der Waals surface area contributed by atoms with Gasteiger partial charge in [-0.05, 0) is 31.2 Å². The van der Waals surface area contributed by atoms with Gasteiger partial charge in [-0.1, -0.05) is 90.5 Å². The smallest absolute Gasteiger partial charge is 0.300 e. The molecule has 2 heterocycles. The minimum absolute atomic E-state index is 0.0372. The predicted molar refractivity (Wildman–Crippen MR) is 154 cm³/mol. The van der Waals surface area contributed by atoms with E-state index in [0.29, 0.717) is 22.5 Å². The lowest BCUT2D eigenvalue weighted by Gasteiger charge is -2.36. The summed E-state index contributed by atoms with van der Waals surface area (Å²) in [7, 11) is 0. The van der Waals surface area contributed by atoms with Gasteiger partial charge in [0.25, 0.3) is 11.7 Å². The van der Waals surface area contributed by atoms with Crippen LogP contribution in [-0.2, 0) is 14.4 Å². The average Bonchev–Trinajstić information content (AvgIpc) is 3.53. The number of anilines is 2. The molecule has 2 amide bonds. The van der Waals surface area contributed by atoms with E-state index in [2.05, 4.69) is 0 Å². The molecule has 7 heteroatoms. The first-order valence-corrected chi connectivity index (χ1v) is 13.1. The van der Waals surface area contributed by atoms with Crippen molar-refractivity contribution in [3.05, 3.63) is 143 Å². The number of benzene rings is 4. The van der Waals surface area contributed by atoms with Gasteiger partial charge in [0.2, 0.25) is 0 Å². The second-order valence-corrected chi connectivity index (χ2v) is 10.2. The predicted octanol–water partition coefficient (Wildman–Crippen LogP) is 5.27. The SMILES string of the molecule is Cc1ccc(N2C(=O)C(=O)/C(=C(/O)c3ccccc3)C23C(=O)N(c2ccccc2)C2=C3C(=O)c3ccccc32)cc1. The first-order chi connectivity index (χ1) is 19.9. The van der Waals surface area contributed by atoms with Gasteiger partial charge in [0, 0.05) is 28.1 Å². The van der Waals surface area contributed by atoms with E-state index in [1.807, 2.05) is 6.92 Å². The van der Waals surface area contributed by atoms with Crippen molar-refractivity contribution in [3.63, 3.8) is 0 Å². The molecule has 4 aromatic rings. The fourth-order valence-corrected chi connectivity index (χ4v) is 6.13. The van der Waals surface area contributed by atoms with Gasteiger partial charge in [0.15, 0.2) is 11.3 Å². The Balaban J connectivity index is 1.64. The van der Waals surface area contributed by atoms with Crippen LogP contribution in [0.5, 0.6) is 0 Å². The first-order valence-electron chi connectivity index (χ1n) is 13.1. The standard InChI is InChI=1S/C34H22N2O5/c1-20-16-18-23(19-17-20)36-32(40)31(39)27(29(37)21-10-4-2-5-11-21)34(36)26-28(24-14-8-9-15-25(24)30(26)38)35(33(34)41)22-12-6-3-7-13-22/h2-19,37H,1H3/b29-27-. The van der Waals surface area contributed by atoms with Gasteiger partial charge in [0.1, 0.15) is 5.76 Å². The van der Waals surface area contributed by atoms with E-state index < -0.39 is 40.3 Å². The van der Waals surface area contributed by atoms with Gasteiger partial charge in [-0.25, -0.2) is 0 Å². The largest absolute Gasteiger partial charge is 0.507 e. The van der Waals surface area contributed by atoms with Gasteiger partial charge in [-0.3, -0.25) is 29.0 Å². The normalized spacial score (nSPS) is 20.8. The zero-order valence-corrected chi connectivity index (χ0v) is 21.9. The molecule has 2 aliphatic heterocycles. The molecule has 7 rings (SSSR count). The number of nitrogens with zero attached hydrogens (tertiary/aromatic N) is 2. The van der Waals surface area contributed by atoms with Crippen LogP contribution in [0, 0.1) is 6.92 Å². The number of aryl methyl sites for hydroxylation is 1. The zero-order chi connectivity index (χ0) is 28.5. The van der Waals surface area contributed by atoms with Crippen LogP contribution in [0.2, 0.25) is 0 Å². The maximum absolute atomic E-state index is 15.0. The Bertz CT molecular complexity index is 1870. The molecule has 1 spiro atoms. The Morgan fingerprint density at radius 2 is 1.24 bits per heavy atom. The van der Waals surface area contributed by atoms with Gasteiger partial charge in [-0.2, -0.15) is 0 Å². The highest BCUT2D eigenvalue weighted by Crippen LogP contribution is 2.57. The van der Waals surface area contributed by atoms with E-state index >= 15 is 4.79 Å². The van der Waals surface area contributed by atoms with E-state index in [-0.39, 0.29) is 16.8 Å². The number of rotatable bonds is 3. The van der Waals surface area contributed by atoms with Crippen molar-refractivity contribution in [1.82, 2.24) is 0 Å². The molecule has 1 atom stereocenters. The van der Waals surface area contributed by atoms with E-state index in [1.54, 1.807) is 109 Å². The van der Waals surface area contributed by atoms with E-state index in [0.717, 1.165) is 10.5 Å². The fourth-order valence-electron chi connectivity index (χ4n) is 6.13. The third-order valence-electron chi connectivity index (χ3n) is 7.90. The molecular formula is C34H22N2O5. The fraction of sp³-hybridized carbons (Fsp3) is 0.0588. The number of hydrogen-bond donors (Lipinski definition) is 1. The number of amides is 2. The summed E-state index contributed by atoms with van der Waals surface area (Å²) in [6.45, 7) is 1.87. The minimum atomic E-state index is -2.25. The number of para-hydroxylation sites is 1. The summed E-state index contributed by atoms with van der Waals surface area (Å²) >= 11 is 0. The van der Waals surface area contributed by atoms with Crippen LogP contribution in [0.25, 0.3) is 11.5 Å². The van der Waals surface area contributed by atoms with E-state index in [9.17, 15) is 19.5 Å². The number of fused-ring (bicyclic) bond motifs is 3. The van der Waals surface area contributed by atoms with Crippen molar-refractivity contribution >= 4 is 46.2 Å². The van der Waals surface area contributed by atoms with Crippen LogP contribution >= 0.6 is 0 Å². The highest BCUT2D eigenvalue weighted by atomic mass is 16.3. The number of Topliss-reactive ketones (excluding diaryl/α,β-unsaturated/α-hetero) is 2. The Morgan fingerprint density at radius 3 is 1.90 bits per heavy atom. The Hall–Kier alpha value is -5.56. The second-order valence-electron chi connectivity index (χ2n) is 10.2. The maximum Gasteiger partial charge on any atom is 0.300 e. The van der Waals surface area contributed by atoms with Crippen molar-refractivity contribution in [3.8, 4) is 0 Å². The summed E-state index contributed by atoms with van der Waals surface area (Å²) in [5.41, 5.74) is 0.280. The molecule has 0 radical (unpaired) electrons. The van der Waals surface area contributed by atoms with Crippen LogP contribution in [0.4, 0.5) is 11.4 Å². The van der Waals surface area contributed by atoms with Gasteiger partial charge in [-0.15, -0.1) is 0 Å². The quantitative estimate of drug-likeness (QED) is 0.218. The molecule has 1 fully saturated rings. The molecule has 0 aromatic heterocycles. The lowest BCUT2D eigenvalue weighted by atomic mass is 9.79. The average molecular weight is 539 g/mol. The van der Waals surface area contributed by atoms with Crippen molar-refractivity contribution in [2.24, 2.45) is 0 Å². The third-order valence-corrected chi connectivity index (χ3v) is 7.90. The van der Waals surface area contributed by atoms with Crippen molar-refractivity contribution in [2.75, 3.05) is 9.80 Å². The highest BCUT2D eigenvalue weighted by molar-refractivity contribution is 6.58. The van der Waals surface area contributed by atoms with Crippen molar-refractivity contribution in [2.45, 2.75) is 12.5 Å². The van der Waals surface area contributed by atoms with Crippen LogP contribution in [0.1, 0.15) is 27.0 Å². The number of carbonyl (C=O) groups excluding carboxylic acids is 4. The minimum Gasteiger partial charge on any atom is -0.507 e. The zero-order valence-electron chi connectivity index (χ0n) is 21.9. The second kappa shape index (κ2) is 8.72. The van der Waals surface area contributed by atoms with Gasteiger partial charge < -0.3 is 5.11 Å². The number of aliphatic hydroxyl groups is 1. The topological polar surface area (TPSA) is 95.0 Å². The maximum atomic E-state index is 15.0. The van der Waals surface area contributed by atoms with Crippen molar-refractivity contribution < 1.29 is 24.3 Å². The molecule has 198 valence electrons. The molecule has 0 bridgehead atoms. The van der Waals surface area contributed by atoms with Gasteiger partial charge >= 0.3 is 5.91 Å². The third kappa shape index (κ3) is 3.14. The number of carbonyl (C=O) groups is 4. The molecular weight excluding hydrogens is 516 g/mol. The molecule has 1 N–H and O–H groups in total. The van der Waals surface area contributed by atoms with Crippen LogP contribution in [0.15, 0.2) is 120 Å². The van der Waals surface area contributed by atoms with Crippen LogP contribution in [-0.4, -0.2) is 34.0 Å². The molecule has 41 heavy (non-hydrogen) atoms. The van der Waals surface area contributed by atoms with Crippen LogP contribution < -0.4 is 9.80 Å². The number of ketones is 2. The summed E-state index contributed by atoms with van der Waals surface area (Å²) in [6, 6.07) is 30.7. The lowest BCUT2D eigenvalue weighted by Crippen LogP contribution is -2.57. The molecule has 1 unspecified atom stereocenters.